The fraction of sp³-hybridized carbons (Fsp3) is 0.538. The molecule has 2 unspecified atom stereocenters. The lowest BCUT2D eigenvalue weighted by molar-refractivity contribution is 0.188. The highest BCUT2D eigenvalue weighted by molar-refractivity contribution is 5.20. The van der Waals surface area contributed by atoms with E-state index in [-0.39, 0.29) is 11.9 Å². The van der Waals surface area contributed by atoms with Crippen molar-refractivity contribution in [1.29, 1.82) is 0 Å². The Bertz CT molecular complexity index is 336. The molecule has 0 radical (unpaired) electrons. The Morgan fingerprint density at radius 3 is 2.69 bits per heavy atom. The minimum Gasteiger partial charge on any atom is -0.324 e. The highest BCUT2D eigenvalue weighted by Crippen LogP contribution is 2.27. The van der Waals surface area contributed by atoms with Crippen molar-refractivity contribution in [3.05, 3.63) is 35.6 Å². The van der Waals surface area contributed by atoms with Crippen LogP contribution in [0.1, 0.15) is 24.4 Å². The van der Waals surface area contributed by atoms with Crippen LogP contribution in [0, 0.1) is 11.7 Å². The van der Waals surface area contributed by atoms with Crippen molar-refractivity contribution in [1.82, 2.24) is 4.90 Å². The number of halogens is 1. The Balaban J connectivity index is 2.06. The van der Waals surface area contributed by atoms with E-state index in [2.05, 4.69) is 11.9 Å². The van der Waals surface area contributed by atoms with Gasteiger partial charge in [-0.2, -0.15) is 0 Å². The topological polar surface area (TPSA) is 29.3 Å². The van der Waals surface area contributed by atoms with Crippen LogP contribution < -0.4 is 5.73 Å². The van der Waals surface area contributed by atoms with Crippen molar-refractivity contribution in [3.8, 4) is 0 Å². The van der Waals surface area contributed by atoms with Gasteiger partial charge in [0.2, 0.25) is 0 Å². The highest BCUT2D eigenvalue weighted by atomic mass is 19.1. The van der Waals surface area contributed by atoms with Gasteiger partial charge in [0, 0.05) is 12.6 Å². The van der Waals surface area contributed by atoms with Crippen molar-refractivity contribution in [2.75, 3.05) is 20.1 Å². The standard InChI is InChI=1S/C13H19FN2/c1-16-8-2-3-11(9-16)13(15)10-4-6-12(14)7-5-10/h4-7,11,13H,2-3,8-9,15H2,1H3. The molecule has 1 saturated heterocycles. The molecule has 16 heavy (non-hydrogen) atoms. The van der Waals surface area contributed by atoms with E-state index in [4.69, 9.17) is 5.73 Å². The van der Waals surface area contributed by atoms with E-state index in [9.17, 15) is 4.39 Å². The molecule has 1 fully saturated rings. The maximum atomic E-state index is 12.8. The summed E-state index contributed by atoms with van der Waals surface area (Å²) in [5, 5.41) is 0. The van der Waals surface area contributed by atoms with Crippen LogP contribution in [0.25, 0.3) is 0 Å². The molecule has 0 bridgehead atoms. The van der Waals surface area contributed by atoms with Crippen LogP contribution in [0.5, 0.6) is 0 Å². The summed E-state index contributed by atoms with van der Waals surface area (Å²) in [6.07, 6.45) is 2.37. The van der Waals surface area contributed by atoms with Crippen LogP contribution >= 0.6 is 0 Å². The van der Waals surface area contributed by atoms with Crippen LogP contribution in [0.3, 0.4) is 0 Å². The van der Waals surface area contributed by atoms with E-state index < -0.39 is 0 Å². The number of rotatable bonds is 2. The minimum atomic E-state index is -0.197. The molecule has 88 valence electrons. The molecule has 1 aliphatic heterocycles. The third kappa shape index (κ3) is 2.60. The Labute approximate surface area is 96.2 Å². The molecule has 2 rings (SSSR count). The van der Waals surface area contributed by atoms with Gasteiger partial charge in [0.15, 0.2) is 0 Å². The average molecular weight is 222 g/mol. The normalized spacial score (nSPS) is 24.3. The van der Waals surface area contributed by atoms with Crippen molar-refractivity contribution >= 4 is 0 Å². The molecule has 0 aliphatic carbocycles. The van der Waals surface area contributed by atoms with Gasteiger partial charge in [-0.05, 0) is 50.0 Å². The SMILES string of the molecule is CN1CCCC(C(N)c2ccc(F)cc2)C1. The maximum absolute atomic E-state index is 12.8. The highest BCUT2D eigenvalue weighted by Gasteiger charge is 2.24. The molecule has 0 spiro atoms. The molecule has 2 N–H and O–H groups in total. The van der Waals surface area contributed by atoms with E-state index >= 15 is 0 Å². The van der Waals surface area contributed by atoms with E-state index in [1.165, 1.54) is 25.0 Å². The smallest absolute Gasteiger partial charge is 0.123 e. The molecule has 0 amide bonds. The number of benzene rings is 1. The van der Waals surface area contributed by atoms with Gasteiger partial charge in [-0.1, -0.05) is 12.1 Å². The second-order valence-corrected chi connectivity index (χ2v) is 4.74. The second kappa shape index (κ2) is 4.93. The fourth-order valence-corrected chi connectivity index (χ4v) is 2.46. The number of nitrogens with two attached hydrogens (primary N) is 1. The summed E-state index contributed by atoms with van der Waals surface area (Å²) in [4.78, 5) is 2.32. The van der Waals surface area contributed by atoms with Crippen LogP contribution in [-0.2, 0) is 0 Å². The molecule has 1 aromatic carbocycles. The van der Waals surface area contributed by atoms with E-state index in [1.54, 1.807) is 12.1 Å². The third-order valence-corrected chi connectivity index (χ3v) is 3.42. The first-order valence-electron chi connectivity index (χ1n) is 5.86. The van der Waals surface area contributed by atoms with Crippen LogP contribution in [-0.4, -0.2) is 25.0 Å². The summed E-state index contributed by atoms with van der Waals surface area (Å²) in [6, 6.07) is 6.61. The molecular weight excluding hydrogens is 203 g/mol. The Hall–Kier alpha value is -0.930. The molecule has 1 heterocycles. The van der Waals surface area contributed by atoms with Gasteiger partial charge in [0.1, 0.15) is 5.82 Å². The van der Waals surface area contributed by atoms with E-state index in [0.717, 1.165) is 18.7 Å². The lowest BCUT2D eigenvalue weighted by Crippen LogP contribution is -2.37. The van der Waals surface area contributed by atoms with Crippen LogP contribution in [0.2, 0.25) is 0 Å². The summed E-state index contributed by atoms with van der Waals surface area (Å²) in [5.41, 5.74) is 7.28. The molecule has 1 aromatic rings. The van der Waals surface area contributed by atoms with Gasteiger partial charge in [0.05, 0.1) is 0 Å². The molecule has 0 saturated carbocycles. The molecule has 0 aromatic heterocycles. The third-order valence-electron chi connectivity index (χ3n) is 3.42. The quantitative estimate of drug-likeness (QED) is 0.831. The lowest BCUT2D eigenvalue weighted by atomic mass is 9.87. The Morgan fingerprint density at radius 1 is 1.38 bits per heavy atom. The van der Waals surface area contributed by atoms with Crippen LogP contribution in [0.4, 0.5) is 4.39 Å². The lowest BCUT2D eigenvalue weighted by Gasteiger charge is -2.33. The summed E-state index contributed by atoms with van der Waals surface area (Å²) >= 11 is 0. The van der Waals surface area contributed by atoms with Crippen molar-refractivity contribution in [2.45, 2.75) is 18.9 Å². The maximum Gasteiger partial charge on any atom is 0.123 e. The first kappa shape index (κ1) is 11.6. The predicted octanol–water partition coefficient (Wildman–Crippen LogP) is 2.17. The van der Waals surface area contributed by atoms with Crippen molar-refractivity contribution in [2.24, 2.45) is 11.7 Å². The van der Waals surface area contributed by atoms with Gasteiger partial charge in [-0.15, -0.1) is 0 Å². The van der Waals surface area contributed by atoms with Gasteiger partial charge < -0.3 is 10.6 Å². The first-order valence-corrected chi connectivity index (χ1v) is 5.86. The number of hydrogen-bond acceptors (Lipinski definition) is 2. The zero-order valence-electron chi connectivity index (χ0n) is 9.70. The van der Waals surface area contributed by atoms with E-state index in [1.807, 2.05) is 0 Å². The van der Waals surface area contributed by atoms with Gasteiger partial charge in [-0.3, -0.25) is 0 Å². The van der Waals surface area contributed by atoms with Gasteiger partial charge in [0.25, 0.3) is 0 Å². The monoisotopic (exact) mass is 222 g/mol. The van der Waals surface area contributed by atoms with Crippen molar-refractivity contribution in [3.63, 3.8) is 0 Å². The van der Waals surface area contributed by atoms with Crippen molar-refractivity contribution < 1.29 is 4.39 Å². The molecule has 2 nitrogen and oxygen atoms in total. The Kier molecular flexibility index (Phi) is 3.56. The zero-order chi connectivity index (χ0) is 11.5. The summed E-state index contributed by atoms with van der Waals surface area (Å²) in [6.45, 7) is 2.20. The molecule has 2 atom stereocenters. The number of nitrogens with zero attached hydrogens (tertiary/aromatic N) is 1. The minimum absolute atomic E-state index is 0.0309. The van der Waals surface area contributed by atoms with E-state index in [0.29, 0.717) is 5.92 Å². The summed E-state index contributed by atoms with van der Waals surface area (Å²) in [7, 11) is 2.13. The second-order valence-electron chi connectivity index (χ2n) is 4.74. The molecule has 1 aliphatic rings. The van der Waals surface area contributed by atoms with Gasteiger partial charge in [-0.25, -0.2) is 4.39 Å². The predicted molar refractivity (Wildman–Crippen MR) is 63.5 cm³/mol. The Morgan fingerprint density at radius 2 is 2.06 bits per heavy atom. The molecular formula is C13H19FN2. The fourth-order valence-electron chi connectivity index (χ4n) is 2.46. The average Bonchev–Trinajstić information content (AvgIpc) is 2.29. The molecule has 3 heteroatoms. The summed E-state index contributed by atoms with van der Waals surface area (Å²) in [5.74, 6) is 0.293. The number of piperidine rings is 1. The first-order chi connectivity index (χ1) is 7.66. The summed E-state index contributed by atoms with van der Waals surface area (Å²) < 4.78 is 12.8. The van der Waals surface area contributed by atoms with Crippen LogP contribution in [0.15, 0.2) is 24.3 Å². The number of hydrogen-bond donors (Lipinski definition) is 1. The largest absolute Gasteiger partial charge is 0.324 e. The number of likely N-dealkylation sites (tertiary alicyclic amines) is 1. The van der Waals surface area contributed by atoms with Gasteiger partial charge >= 0.3 is 0 Å². The zero-order valence-corrected chi connectivity index (χ0v) is 9.70.